The van der Waals surface area contributed by atoms with Crippen molar-refractivity contribution in [2.24, 2.45) is 11.8 Å². The average Bonchev–Trinajstić information content (AvgIpc) is 2.76. The van der Waals surface area contributed by atoms with E-state index in [1.165, 1.54) is 0 Å². The molecular weight excluding hydrogens is 368 g/mol. The number of carbonyl (C=O) groups is 1. The highest BCUT2D eigenvalue weighted by Crippen LogP contribution is 2.35. The number of ketones is 1. The van der Waals surface area contributed by atoms with Crippen LogP contribution in [0.1, 0.15) is 30.4 Å². The Morgan fingerprint density at radius 2 is 1.10 bits per heavy atom. The van der Waals surface area contributed by atoms with E-state index >= 15 is 0 Å². The zero-order valence-electron chi connectivity index (χ0n) is 17.7. The number of hydrogen-bond acceptors (Lipinski definition) is 5. The summed E-state index contributed by atoms with van der Waals surface area (Å²) in [6, 6.07) is 11.8. The molecule has 0 heterocycles. The van der Waals surface area contributed by atoms with Crippen LogP contribution in [-0.2, 0) is 17.6 Å². The van der Waals surface area contributed by atoms with Gasteiger partial charge in [-0.1, -0.05) is 18.6 Å². The van der Waals surface area contributed by atoms with Gasteiger partial charge in [0.25, 0.3) is 0 Å². The third-order valence-electron chi connectivity index (χ3n) is 5.77. The largest absolute Gasteiger partial charge is 0.493 e. The lowest BCUT2D eigenvalue weighted by Gasteiger charge is -2.28. The van der Waals surface area contributed by atoms with Crippen LogP contribution in [0.4, 0.5) is 0 Å². The lowest BCUT2D eigenvalue weighted by atomic mass is 9.75. The van der Waals surface area contributed by atoms with Gasteiger partial charge in [-0.25, -0.2) is 0 Å². The third kappa shape index (κ3) is 4.84. The number of ether oxygens (including phenoxy) is 4. The molecule has 0 spiro atoms. The molecule has 2 atom stereocenters. The molecule has 0 bridgehead atoms. The van der Waals surface area contributed by atoms with Gasteiger partial charge in [0.15, 0.2) is 23.0 Å². The lowest BCUT2D eigenvalue weighted by molar-refractivity contribution is -0.129. The van der Waals surface area contributed by atoms with Crippen molar-refractivity contribution in [3.05, 3.63) is 47.5 Å². The Labute approximate surface area is 172 Å². The van der Waals surface area contributed by atoms with E-state index in [0.717, 1.165) is 43.2 Å². The maximum absolute atomic E-state index is 13.2. The predicted octanol–water partition coefficient (Wildman–Crippen LogP) is 4.49. The maximum atomic E-state index is 13.2. The first kappa shape index (κ1) is 21.0. The van der Waals surface area contributed by atoms with E-state index in [9.17, 15) is 4.79 Å². The third-order valence-corrected chi connectivity index (χ3v) is 5.77. The van der Waals surface area contributed by atoms with Gasteiger partial charge >= 0.3 is 0 Å². The van der Waals surface area contributed by atoms with Crippen molar-refractivity contribution < 1.29 is 23.7 Å². The first-order valence-electron chi connectivity index (χ1n) is 10.0. The summed E-state index contributed by atoms with van der Waals surface area (Å²) >= 11 is 0. The highest BCUT2D eigenvalue weighted by molar-refractivity contribution is 5.84. The first-order chi connectivity index (χ1) is 14.1. The van der Waals surface area contributed by atoms with Gasteiger partial charge in [0.2, 0.25) is 0 Å². The first-order valence-corrected chi connectivity index (χ1v) is 10.0. The molecule has 0 N–H and O–H groups in total. The molecule has 0 radical (unpaired) electrons. The zero-order chi connectivity index (χ0) is 20.8. The number of benzene rings is 2. The van der Waals surface area contributed by atoms with Crippen LogP contribution in [0.15, 0.2) is 36.4 Å². The molecule has 3 rings (SSSR count). The fourth-order valence-corrected chi connectivity index (χ4v) is 4.22. The molecule has 156 valence electrons. The number of Topliss-reactive ketones (excluding diaryl/α,β-unsaturated/α-hetero) is 1. The van der Waals surface area contributed by atoms with E-state index in [2.05, 4.69) is 0 Å². The monoisotopic (exact) mass is 398 g/mol. The van der Waals surface area contributed by atoms with Gasteiger partial charge in [0.05, 0.1) is 28.4 Å². The van der Waals surface area contributed by atoms with Gasteiger partial charge in [-0.3, -0.25) is 4.79 Å². The maximum Gasteiger partial charge on any atom is 0.160 e. The second kappa shape index (κ2) is 9.68. The van der Waals surface area contributed by atoms with Gasteiger partial charge in [-0.2, -0.15) is 0 Å². The Morgan fingerprint density at radius 3 is 1.48 bits per heavy atom. The number of hydrogen-bond donors (Lipinski definition) is 0. The van der Waals surface area contributed by atoms with Crippen molar-refractivity contribution in [2.45, 2.75) is 32.1 Å². The second-order valence-electron chi connectivity index (χ2n) is 7.51. The van der Waals surface area contributed by atoms with Crippen LogP contribution in [-0.4, -0.2) is 34.2 Å². The molecule has 0 amide bonds. The van der Waals surface area contributed by atoms with Crippen LogP contribution in [0.3, 0.4) is 0 Å². The summed E-state index contributed by atoms with van der Waals surface area (Å²) in [7, 11) is 6.51. The van der Waals surface area contributed by atoms with Crippen LogP contribution < -0.4 is 18.9 Å². The van der Waals surface area contributed by atoms with E-state index in [0.29, 0.717) is 28.8 Å². The highest BCUT2D eigenvalue weighted by atomic mass is 16.5. The number of rotatable bonds is 8. The lowest BCUT2D eigenvalue weighted by Crippen LogP contribution is -2.31. The summed E-state index contributed by atoms with van der Waals surface area (Å²) in [6.07, 6.45) is 4.43. The van der Waals surface area contributed by atoms with Crippen molar-refractivity contribution in [1.29, 1.82) is 0 Å². The summed E-state index contributed by atoms with van der Waals surface area (Å²) < 4.78 is 21.4. The van der Waals surface area contributed by atoms with Crippen LogP contribution in [0, 0.1) is 11.8 Å². The SMILES string of the molecule is COc1ccc(C[C@H]2CCC[C@@H](Cc3ccc(OC)c(OC)c3)C2=O)cc1OC. The molecule has 0 unspecified atom stereocenters. The summed E-state index contributed by atoms with van der Waals surface area (Å²) in [5, 5.41) is 0. The minimum Gasteiger partial charge on any atom is -0.493 e. The van der Waals surface area contributed by atoms with Crippen molar-refractivity contribution in [3.8, 4) is 23.0 Å². The van der Waals surface area contributed by atoms with Crippen LogP contribution in [0.25, 0.3) is 0 Å². The minimum absolute atomic E-state index is 0.0481. The minimum atomic E-state index is 0.0481. The summed E-state index contributed by atoms with van der Waals surface area (Å²) in [6.45, 7) is 0. The molecule has 1 fully saturated rings. The molecule has 1 aliphatic carbocycles. The quantitative estimate of drug-likeness (QED) is 0.656. The van der Waals surface area contributed by atoms with Gasteiger partial charge in [-0.05, 0) is 61.1 Å². The van der Waals surface area contributed by atoms with E-state index < -0.39 is 0 Å². The molecule has 0 aromatic heterocycles. The number of methoxy groups -OCH3 is 4. The Kier molecular flexibility index (Phi) is 7.02. The summed E-state index contributed by atoms with van der Waals surface area (Å²) in [5.41, 5.74) is 2.21. The standard InChI is InChI=1S/C24H30O5/c1-26-20-10-8-16(14-22(20)28-3)12-18-6-5-7-19(24(18)25)13-17-9-11-21(27-2)23(15-17)29-4/h8-11,14-15,18-19H,5-7,12-13H2,1-4H3/t18-,19+. The van der Waals surface area contributed by atoms with E-state index in [4.69, 9.17) is 18.9 Å². The Morgan fingerprint density at radius 1 is 0.690 bits per heavy atom. The molecule has 1 saturated carbocycles. The highest BCUT2D eigenvalue weighted by Gasteiger charge is 2.31. The van der Waals surface area contributed by atoms with Crippen LogP contribution in [0.2, 0.25) is 0 Å². The van der Waals surface area contributed by atoms with Crippen LogP contribution >= 0.6 is 0 Å². The van der Waals surface area contributed by atoms with E-state index in [1.807, 2.05) is 36.4 Å². The fraction of sp³-hybridized carbons (Fsp3) is 0.458. The molecule has 0 saturated heterocycles. The van der Waals surface area contributed by atoms with Gasteiger partial charge < -0.3 is 18.9 Å². The summed E-state index contributed by atoms with van der Waals surface area (Å²) in [5.74, 6) is 3.28. The molecule has 2 aromatic carbocycles. The molecular formula is C24H30O5. The van der Waals surface area contributed by atoms with Crippen molar-refractivity contribution in [2.75, 3.05) is 28.4 Å². The average molecular weight is 398 g/mol. The smallest absolute Gasteiger partial charge is 0.160 e. The molecule has 2 aromatic rings. The van der Waals surface area contributed by atoms with Gasteiger partial charge in [0.1, 0.15) is 5.78 Å². The second-order valence-corrected chi connectivity index (χ2v) is 7.51. The van der Waals surface area contributed by atoms with E-state index in [1.54, 1.807) is 28.4 Å². The Balaban J connectivity index is 1.70. The molecule has 1 aliphatic rings. The molecule has 0 aliphatic heterocycles. The normalized spacial score (nSPS) is 19.0. The Hall–Kier alpha value is -2.69. The zero-order valence-corrected chi connectivity index (χ0v) is 17.7. The Bertz CT molecular complexity index is 778. The topological polar surface area (TPSA) is 54.0 Å². The van der Waals surface area contributed by atoms with Crippen molar-refractivity contribution >= 4 is 5.78 Å². The van der Waals surface area contributed by atoms with E-state index in [-0.39, 0.29) is 11.8 Å². The van der Waals surface area contributed by atoms with Gasteiger partial charge in [0, 0.05) is 11.8 Å². The number of carbonyl (C=O) groups excluding carboxylic acids is 1. The predicted molar refractivity (Wildman–Crippen MR) is 112 cm³/mol. The van der Waals surface area contributed by atoms with Crippen LogP contribution in [0.5, 0.6) is 23.0 Å². The molecule has 5 heteroatoms. The molecule has 5 nitrogen and oxygen atoms in total. The van der Waals surface area contributed by atoms with Gasteiger partial charge in [-0.15, -0.1) is 0 Å². The van der Waals surface area contributed by atoms with Crippen molar-refractivity contribution in [3.63, 3.8) is 0 Å². The molecule has 29 heavy (non-hydrogen) atoms. The van der Waals surface area contributed by atoms with Crippen molar-refractivity contribution in [1.82, 2.24) is 0 Å². The fourth-order valence-electron chi connectivity index (χ4n) is 4.22. The summed E-state index contributed by atoms with van der Waals surface area (Å²) in [4.78, 5) is 13.2.